The third kappa shape index (κ3) is 3.39. The zero-order valence-corrected chi connectivity index (χ0v) is 14.0. The molecule has 2 atom stereocenters. The van der Waals surface area contributed by atoms with E-state index in [1.807, 2.05) is 48.5 Å². The van der Waals surface area contributed by atoms with Gasteiger partial charge in [-0.25, -0.2) is 0 Å². The van der Waals surface area contributed by atoms with Crippen LogP contribution in [-0.4, -0.2) is 18.3 Å². The van der Waals surface area contributed by atoms with Crippen LogP contribution in [0, 0.1) is 5.92 Å². The van der Waals surface area contributed by atoms with Gasteiger partial charge in [-0.05, 0) is 34.7 Å². The van der Waals surface area contributed by atoms with Gasteiger partial charge in [0, 0.05) is 6.04 Å². The maximum absolute atomic E-state index is 9.23. The van der Waals surface area contributed by atoms with Gasteiger partial charge >= 0.3 is 0 Å². The largest absolute Gasteiger partial charge is 0.497 e. The first kappa shape index (κ1) is 17.5. The average molecular weight is 314 g/mol. The molecule has 0 saturated carbocycles. The number of aliphatic hydroxyl groups excluding tert-OH is 1. The van der Waals surface area contributed by atoms with Crippen LogP contribution in [0.4, 0.5) is 0 Å². The maximum atomic E-state index is 9.23. The number of hydrogen-bond acceptors (Lipinski definition) is 4. The van der Waals surface area contributed by atoms with Crippen molar-refractivity contribution in [2.45, 2.75) is 32.0 Å². The van der Waals surface area contributed by atoms with Gasteiger partial charge in [0.2, 0.25) is 0 Å². The SMILES string of the molecule is COc1ccc(C(N)(c2ccc(CO)cc2)C(N)C(C)C)cc1. The van der Waals surface area contributed by atoms with E-state index in [4.69, 9.17) is 16.2 Å². The summed E-state index contributed by atoms with van der Waals surface area (Å²) < 4.78 is 5.23. The van der Waals surface area contributed by atoms with Crippen LogP contribution in [0.1, 0.15) is 30.5 Å². The molecule has 2 aromatic carbocycles. The summed E-state index contributed by atoms with van der Waals surface area (Å²) in [5.41, 5.74) is 15.2. The molecular formula is C19H26N2O2. The summed E-state index contributed by atoms with van der Waals surface area (Å²) >= 11 is 0. The molecule has 4 heteroatoms. The first-order valence-electron chi connectivity index (χ1n) is 7.82. The summed E-state index contributed by atoms with van der Waals surface area (Å²) in [6, 6.07) is 15.1. The fraction of sp³-hybridized carbons (Fsp3) is 0.368. The predicted octanol–water partition coefficient (Wildman–Crippen LogP) is 2.37. The molecule has 0 aliphatic carbocycles. The van der Waals surface area contributed by atoms with E-state index in [1.54, 1.807) is 7.11 Å². The van der Waals surface area contributed by atoms with E-state index in [0.717, 1.165) is 22.4 Å². The molecule has 23 heavy (non-hydrogen) atoms. The van der Waals surface area contributed by atoms with Crippen molar-refractivity contribution in [3.63, 3.8) is 0 Å². The van der Waals surface area contributed by atoms with Gasteiger partial charge < -0.3 is 21.3 Å². The molecule has 0 aliphatic heterocycles. The number of hydrogen-bond donors (Lipinski definition) is 3. The van der Waals surface area contributed by atoms with Crippen molar-refractivity contribution in [1.29, 1.82) is 0 Å². The number of methoxy groups -OCH3 is 1. The minimum atomic E-state index is -0.811. The Labute approximate surface area is 138 Å². The zero-order chi connectivity index (χ0) is 17.0. The average Bonchev–Trinajstić information content (AvgIpc) is 2.60. The Hall–Kier alpha value is -1.88. The second-order valence-corrected chi connectivity index (χ2v) is 6.22. The van der Waals surface area contributed by atoms with Crippen LogP contribution in [0.2, 0.25) is 0 Å². The Balaban J connectivity index is 2.53. The molecule has 0 aliphatic rings. The van der Waals surface area contributed by atoms with Crippen molar-refractivity contribution >= 4 is 0 Å². The molecule has 2 aromatic rings. The first-order chi connectivity index (χ1) is 10.9. The van der Waals surface area contributed by atoms with E-state index in [0.29, 0.717) is 0 Å². The molecule has 2 rings (SSSR count). The second-order valence-electron chi connectivity index (χ2n) is 6.22. The molecule has 0 bridgehead atoms. The van der Waals surface area contributed by atoms with Gasteiger partial charge in [0.05, 0.1) is 19.3 Å². The Kier molecular flexibility index (Phi) is 5.42. The molecular weight excluding hydrogens is 288 g/mol. The minimum Gasteiger partial charge on any atom is -0.497 e. The van der Waals surface area contributed by atoms with Crippen molar-refractivity contribution in [3.8, 4) is 5.75 Å². The van der Waals surface area contributed by atoms with Crippen LogP contribution in [0.15, 0.2) is 48.5 Å². The maximum Gasteiger partial charge on any atom is 0.118 e. The van der Waals surface area contributed by atoms with Crippen LogP contribution in [0.25, 0.3) is 0 Å². The monoisotopic (exact) mass is 314 g/mol. The van der Waals surface area contributed by atoms with Crippen molar-refractivity contribution in [3.05, 3.63) is 65.2 Å². The van der Waals surface area contributed by atoms with Gasteiger partial charge in [-0.15, -0.1) is 0 Å². The number of nitrogens with two attached hydrogens (primary N) is 2. The normalized spacial score (nSPS) is 15.3. The highest BCUT2D eigenvalue weighted by atomic mass is 16.5. The molecule has 4 nitrogen and oxygen atoms in total. The van der Waals surface area contributed by atoms with Crippen molar-refractivity contribution < 1.29 is 9.84 Å². The summed E-state index contributed by atoms with van der Waals surface area (Å²) in [5, 5.41) is 9.23. The smallest absolute Gasteiger partial charge is 0.118 e. The summed E-state index contributed by atoms with van der Waals surface area (Å²) in [6.45, 7) is 4.15. The lowest BCUT2D eigenvalue weighted by atomic mass is 9.74. The highest BCUT2D eigenvalue weighted by molar-refractivity contribution is 5.43. The Bertz CT molecular complexity index is 573. The Morgan fingerprint density at radius 2 is 1.48 bits per heavy atom. The van der Waals surface area contributed by atoms with E-state index in [9.17, 15) is 5.11 Å². The lowest BCUT2D eigenvalue weighted by Gasteiger charge is -2.39. The van der Waals surface area contributed by atoms with Gasteiger partial charge in [-0.2, -0.15) is 0 Å². The number of benzene rings is 2. The molecule has 2 unspecified atom stereocenters. The summed E-state index contributed by atoms with van der Waals surface area (Å²) in [6.07, 6.45) is 0. The standard InChI is InChI=1S/C19H26N2O2/c1-13(2)18(20)19(21,15-6-4-14(12-22)5-7-15)16-8-10-17(23-3)11-9-16/h4-11,13,18,22H,12,20-21H2,1-3H3. The third-order valence-electron chi connectivity index (χ3n) is 4.43. The molecule has 0 saturated heterocycles. The fourth-order valence-electron chi connectivity index (χ4n) is 2.83. The molecule has 0 radical (unpaired) electrons. The van der Waals surface area contributed by atoms with E-state index >= 15 is 0 Å². The quantitative estimate of drug-likeness (QED) is 0.764. The molecule has 0 fully saturated rings. The van der Waals surface area contributed by atoms with Crippen LogP contribution < -0.4 is 16.2 Å². The van der Waals surface area contributed by atoms with Gasteiger partial charge in [0.1, 0.15) is 5.75 Å². The second kappa shape index (κ2) is 7.13. The van der Waals surface area contributed by atoms with E-state index in [2.05, 4.69) is 13.8 Å². The topological polar surface area (TPSA) is 81.5 Å². The highest BCUT2D eigenvalue weighted by Crippen LogP contribution is 2.33. The predicted molar refractivity (Wildman–Crippen MR) is 93.1 cm³/mol. The van der Waals surface area contributed by atoms with E-state index in [1.165, 1.54) is 0 Å². The fourth-order valence-corrected chi connectivity index (χ4v) is 2.83. The highest BCUT2D eigenvalue weighted by Gasteiger charge is 2.38. The van der Waals surface area contributed by atoms with Gasteiger partial charge in [0.25, 0.3) is 0 Å². The van der Waals surface area contributed by atoms with E-state index in [-0.39, 0.29) is 18.6 Å². The summed E-state index contributed by atoms with van der Waals surface area (Å²) in [7, 11) is 1.64. The Morgan fingerprint density at radius 1 is 1.00 bits per heavy atom. The Morgan fingerprint density at radius 3 is 1.87 bits per heavy atom. The van der Waals surface area contributed by atoms with Gasteiger partial charge in [-0.1, -0.05) is 50.2 Å². The molecule has 0 aromatic heterocycles. The first-order valence-corrected chi connectivity index (χ1v) is 7.82. The van der Waals surface area contributed by atoms with Crippen molar-refractivity contribution in [2.75, 3.05) is 7.11 Å². The molecule has 0 spiro atoms. The zero-order valence-electron chi connectivity index (χ0n) is 14.0. The van der Waals surface area contributed by atoms with Crippen LogP contribution >= 0.6 is 0 Å². The number of rotatable bonds is 6. The molecule has 0 heterocycles. The lowest BCUT2D eigenvalue weighted by molar-refractivity contribution is 0.281. The van der Waals surface area contributed by atoms with Crippen LogP contribution in [-0.2, 0) is 12.1 Å². The van der Waals surface area contributed by atoms with Crippen molar-refractivity contribution in [1.82, 2.24) is 0 Å². The van der Waals surface area contributed by atoms with Crippen LogP contribution in [0.5, 0.6) is 5.75 Å². The van der Waals surface area contributed by atoms with E-state index < -0.39 is 5.54 Å². The van der Waals surface area contributed by atoms with Crippen LogP contribution in [0.3, 0.4) is 0 Å². The summed E-state index contributed by atoms with van der Waals surface area (Å²) in [5.74, 6) is 0.990. The molecule has 5 N–H and O–H groups in total. The lowest BCUT2D eigenvalue weighted by Crippen LogP contribution is -2.55. The minimum absolute atomic E-state index is 0.0105. The molecule has 124 valence electrons. The number of aliphatic hydroxyl groups is 1. The number of ether oxygens (including phenoxy) is 1. The summed E-state index contributed by atoms with van der Waals surface area (Å²) in [4.78, 5) is 0. The third-order valence-corrected chi connectivity index (χ3v) is 4.43. The molecule has 0 amide bonds. The van der Waals surface area contributed by atoms with Gasteiger partial charge in [0.15, 0.2) is 0 Å². The van der Waals surface area contributed by atoms with Crippen molar-refractivity contribution in [2.24, 2.45) is 17.4 Å². The van der Waals surface area contributed by atoms with Gasteiger partial charge in [-0.3, -0.25) is 0 Å².